The number of nitrogens with zero attached hydrogens (tertiary/aromatic N) is 5. The largest absolute Gasteiger partial charge is 0.497 e. The standard InChI is InChI=1S/C18H19N5O3/c1-26-15-6-4-5-14(13-15)20-9-11-21(12-10-20)17-18(23(24)25)22-8-3-2-7-16(22)19-17/h2-8,13H,9-12H2,1H3. The summed E-state index contributed by atoms with van der Waals surface area (Å²) in [5.41, 5.74) is 1.68. The van der Waals surface area contributed by atoms with Crippen molar-refractivity contribution in [2.45, 2.75) is 0 Å². The van der Waals surface area contributed by atoms with Crippen LogP contribution >= 0.6 is 0 Å². The lowest BCUT2D eigenvalue weighted by Crippen LogP contribution is -2.46. The highest BCUT2D eigenvalue weighted by atomic mass is 16.6. The number of rotatable bonds is 4. The summed E-state index contributed by atoms with van der Waals surface area (Å²) in [5, 5.41) is 11.6. The second-order valence-corrected chi connectivity index (χ2v) is 6.12. The average molecular weight is 353 g/mol. The Morgan fingerprint density at radius 1 is 1.08 bits per heavy atom. The van der Waals surface area contributed by atoms with Crippen LogP contribution in [0.3, 0.4) is 0 Å². The molecule has 4 rings (SSSR count). The van der Waals surface area contributed by atoms with Crippen molar-refractivity contribution in [3.05, 3.63) is 58.8 Å². The van der Waals surface area contributed by atoms with Crippen LogP contribution < -0.4 is 14.5 Å². The zero-order chi connectivity index (χ0) is 18.1. The summed E-state index contributed by atoms with van der Waals surface area (Å²) < 4.78 is 6.82. The third-order valence-electron chi connectivity index (χ3n) is 4.66. The molecular weight excluding hydrogens is 334 g/mol. The Bertz CT molecular complexity index is 947. The maximum absolute atomic E-state index is 11.6. The molecule has 1 saturated heterocycles. The summed E-state index contributed by atoms with van der Waals surface area (Å²) in [6.45, 7) is 2.86. The average Bonchev–Trinajstić information content (AvgIpc) is 3.08. The first-order chi connectivity index (χ1) is 12.7. The molecule has 134 valence electrons. The molecule has 0 unspecified atom stereocenters. The first kappa shape index (κ1) is 16.2. The molecule has 3 aromatic rings. The molecule has 26 heavy (non-hydrogen) atoms. The van der Waals surface area contributed by atoms with Crippen molar-refractivity contribution in [3.63, 3.8) is 0 Å². The topological polar surface area (TPSA) is 76.2 Å². The van der Waals surface area contributed by atoms with E-state index in [2.05, 4.69) is 9.88 Å². The van der Waals surface area contributed by atoms with Crippen molar-refractivity contribution >= 4 is 23.0 Å². The van der Waals surface area contributed by atoms with Crippen LogP contribution in [-0.2, 0) is 0 Å². The van der Waals surface area contributed by atoms with E-state index in [4.69, 9.17) is 4.74 Å². The molecule has 0 N–H and O–H groups in total. The SMILES string of the molecule is COc1cccc(N2CCN(c3nc4ccccn4c3[N+](=O)[O-])CC2)c1. The minimum atomic E-state index is -0.357. The number of benzene rings is 1. The Balaban J connectivity index is 1.57. The monoisotopic (exact) mass is 353 g/mol. The lowest BCUT2D eigenvalue weighted by Gasteiger charge is -2.36. The molecule has 1 aliphatic rings. The number of anilines is 2. The van der Waals surface area contributed by atoms with Gasteiger partial charge in [-0.15, -0.1) is 0 Å². The van der Waals surface area contributed by atoms with Gasteiger partial charge < -0.3 is 24.7 Å². The summed E-state index contributed by atoms with van der Waals surface area (Å²) in [6, 6.07) is 13.3. The molecule has 0 aliphatic carbocycles. The van der Waals surface area contributed by atoms with E-state index in [1.165, 1.54) is 4.40 Å². The third kappa shape index (κ3) is 2.79. The maximum Gasteiger partial charge on any atom is 0.372 e. The van der Waals surface area contributed by atoms with Crippen LogP contribution in [-0.4, -0.2) is 47.6 Å². The first-order valence-electron chi connectivity index (χ1n) is 8.43. The molecule has 2 aromatic heterocycles. The lowest BCUT2D eigenvalue weighted by atomic mass is 10.2. The smallest absolute Gasteiger partial charge is 0.372 e. The number of pyridine rings is 1. The first-order valence-corrected chi connectivity index (χ1v) is 8.43. The summed E-state index contributed by atoms with van der Waals surface area (Å²) in [7, 11) is 1.65. The van der Waals surface area contributed by atoms with Gasteiger partial charge in [-0.2, -0.15) is 9.38 Å². The van der Waals surface area contributed by atoms with Gasteiger partial charge in [0, 0.05) is 44.0 Å². The van der Waals surface area contributed by atoms with E-state index in [1.807, 2.05) is 35.2 Å². The third-order valence-corrected chi connectivity index (χ3v) is 4.66. The van der Waals surface area contributed by atoms with Gasteiger partial charge in [-0.25, -0.2) is 0 Å². The molecule has 1 aromatic carbocycles. The van der Waals surface area contributed by atoms with Crippen LogP contribution in [0.15, 0.2) is 48.7 Å². The van der Waals surface area contributed by atoms with E-state index in [0.717, 1.165) is 24.5 Å². The van der Waals surface area contributed by atoms with Crippen LogP contribution in [0.25, 0.3) is 5.65 Å². The number of imidazole rings is 1. The molecule has 0 saturated carbocycles. The Morgan fingerprint density at radius 2 is 1.85 bits per heavy atom. The second-order valence-electron chi connectivity index (χ2n) is 6.12. The molecule has 1 aliphatic heterocycles. The Morgan fingerprint density at radius 3 is 2.58 bits per heavy atom. The van der Waals surface area contributed by atoms with Crippen molar-refractivity contribution < 1.29 is 9.66 Å². The van der Waals surface area contributed by atoms with Gasteiger partial charge in [-0.3, -0.25) is 0 Å². The minimum Gasteiger partial charge on any atom is -0.497 e. The molecule has 0 spiro atoms. The molecule has 0 radical (unpaired) electrons. The normalized spacial score (nSPS) is 14.7. The number of nitro groups is 1. The van der Waals surface area contributed by atoms with Gasteiger partial charge in [0.1, 0.15) is 5.75 Å². The van der Waals surface area contributed by atoms with Crippen molar-refractivity contribution in [1.82, 2.24) is 9.38 Å². The van der Waals surface area contributed by atoms with Gasteiger partial charge in [-0.05, 0) is 23.1 Å². The van der Waals surface area contributed by atoms with Gasteiger partial charge in [-0.1, -0.05) is 12.1 Å². The van der Waals surface area contributed by atoms with Crippen LogP contribution in [0.4, 0.5) is 17.3 Å². The Hall–Kier alpha value is -3.29. The quantitative estimate of drug-likeness (QED) is 0.530. The van der Waals surface area contributed by atoms with Crippen LogP contribution in [0.2, 0.25) is 0 Å². The highest BCUT2D eigenvalue weighted by Crippen LogP contribution is 2.30. The maximum atomic E-state index is 11.6. The van der Waals surface area contributed by atoms with E-state index >= 15 is 0 Å². The molecule has 3 heterocycles. The molecule has 0 amide bonds. The van der Waals surface area contributed by atoms with Gasteiger partial charge in [0.05, 0.1) is 13.3 Å². The molecule has 0 bridgehead atoms. The minimum absolute atomic E-state index is 0.0235. The zero-order valence-corrected chi connectivity index (χ0v) is 14.4. The highest BCUT2D eigenvalue weighted by Gasteiger charge is 2.29. The number of methoxy groups -OCH3 is 1. The van der Waals surface area contributed by atoms with Crippen LogP contribution in [0.5, 0.6) is 5.75 Å². The zero-order valence-electron chi connectivity index (χ0n) is 14.4. The van der Waals surface area contributed by atoms with Crippen molar-refractivity contribution in [3.8, 4) is 5.75 Å². The summed E-state index contributed by atoms with van der Waals surface area (Å²) >= 11 is 0. The molecule has 8 nitrogen and oxygen atoms in total. The summed E-state index contributed by atoms with van der Waals surface area (Å²) in [6.07, 6.45) is 1.68. The van der Waals surface area contributed by atoms with E-state index in [1.54, 1.807) is 25.4 Å². The second kappa shape index (κ2) is 6.55. The molecule has 0 atom stereocenters. The summed E-state index contributed by atoms with van der Waals surface area (Å²) in [5.74, 6) is 1.28. The number of hydrogen-bond donors (Lipinski definition) is 0. The van der Waals surface area contributed by atoms with Gasteiger partial charge >= 0.3 is 5.82 Å². The van der Waals surface area contributed by atoms with E-state index in [0.29, 0.717) is 24.6 Å². The predicted molar refractivity (Wildman–Crippen MR) is 99.3 cm³/mol. The fourth-order valence-electron chi connectivity index (χ4n) is 3.34. The van der Waals surface area contributed by atoms with Gasteiger partial charge in [0.15, 0.2) is 0 Å². The Kier molecular flexibility index (Phi) is 4.08. The van der Waals surface area contributed by atoms with Crippen molar-refractivity contribution in [2.24, 2.45) is 0 Å². The van der Waals surface area contributed by atoms with Gasteiger partial charge in [0.25, 0.3) is 0 Å². The number of fused-ring (bicyclic) bond motifs is 1. The fourth-order valence-corrected chi connectivity index (χ4v) is 3.34. The number of hydrogen-bond acceptors (Lipinski definition) is 6. The van der Waals surface area contributed by atoms with Crippen LogP contribution in [0.1, 0.15) is 0 Å². The van der Waals surface area contributed by atoms with E-state index < -0.39 is 0 Å². The van der Waals surface area contributed by atoms with Crippen molar-refractivity contribution in [2.75, 3.05) is 43.1 Å². The number of aromatic nitrogens is 2. The van der Waals surface area contributed by atoms with Gasteiger partial charge in [0.2, 0.25) is 11.5 Å². The highest BCUT2D eigenvalue weighted by molar-refractivity contribution is 5.64. The predicted octanol–water partition coefficient (Wildman–Crippen LogP) is 2.58. The summed E-state index contributed by atoms with van der Waals surface area (Å²) in [4.78, 5) is 20.0. The van der Waals surface area contributed by atoms with E-state index in [-0.39, 0.29) is 10.7 Å². The molecule has 8 heteroatoms. The Labute approximate surface area is 150 Å². The van der Waals surface area contributed by atoms with Crippen LogP contribution in [0, 0.1) is 10.1 Å². The molecular formula is C18H19N5O3. The number of piperazine rings is 1. The lowest BCUT2D eigenvalue weighted by molar-refractivity contribution is -0.389. The van der Waals surface area contributed by atoms with E-state index in [9.17, 15) is 10.1 Å². The van der Waals surface area contributed by atoms with Crippen molar-refractivity contribution in [1.29, 1.82) is 0 Å². The fraction of sp³-hybridized carbons (Fsp3) is 0.278. The number of ether oxygens (including phenoxy) is 1. The molecule has 1 fully saturated rings.